The van der Waals surface area contributed by atoms with Crippen LogP contribution in [0.5, 0.6) is 0 Å². The summed E-state index contributed by atoms with van der Waals surface area (Å²) in [4.78, 5) is 10.0. The number of nitrogens with two attached hydrogens (primary N) is 1. The number of sulfonamides is 1. The van der Waals surface area contributed by atoms with Crippen LogP contribution >= 0.6 is 23.1 Å². The molecule has 1 aromatic heterocycles. The number of nitro groups is 1. The van der Waals surface area contributed by atoms with Gasteiger partial charge in [0, 0.05) is 17.9 Å². The second kappa shape index (κ2) is 6.52. The van der Waals surface area contributed by atoms with Gasteiger partial charge in [0.2, 0.25) is 10.0 Å². The highest BCUT2D eigenvalue weighted by atomic mass is 32.2. The molecule has 0 aliphatic heterocycles. The van der Waals surface area contributed by atoms with Crippen LogP contribution in [0.1, 0.15) is 6.92 Å². The molecule has 1 atom stereocenters. The second-order valence-electron chi connectivity index (χ2n) is 3.58. The van der Waals surface area contributed by atoms with Crippen LogP contribution in [0.25, 0.3) is 0 Å². The highest BCUT2D eigenvalue weighted by Crippen LogP contribution is 2.36. The molecule has 1 aromatic rings. The summed E-state index contributed by atoms with van der Waals surface area (Å²) in [5.41, 5.74) is 1.77. The molecular formula is C8H14N4O4S3. The van der Waals surface area contributed by atoms with E-state index in [2.05, 4.69) is 10.1 Å². The Morgan fingerprint density at radius 3 is 2.68 bits per heavy atom. The first-order chi connectivity index (χ1) is 8.81. The number of thiophene rings is 1. The van der Waals surface area contributed by atoms with Crippen molar-refractivity contribution in [2.45, 2.75) is 16.4 Å². The van der Waals surface area contributed by atoms with Gasteiger partial charge in [-0.3, -0.25) is 10.1 Å². The number of anilines is 1. The molecule has 0 saturated carbocycles. The van der Waals surface area contributed by atoms with Gasteiger partial charge in [-0.1, -0.05) is 18.3 Å². The van der Waals surface area contributed by atoms with Gasteiger partial charge in [0.15, 0.2) is 5.00 Å². The summed E-state index contributed by atoms with van der Waals surface area (Å²) < 4.78 is 26.2. The maximum atomic E-state index is 12.0. The fourth-order valence-electron chi connectivity index (χ4n) is 1.11. The normalized spacial score (nSPS) is 13.2. The Kier molecular flexibility index (Phi) is 5.55. The van der Waals surface area contributed by atoms with Crippen LogP contribution in [0.4, 0.5) is 10.7 Å². The number of rotatable bonds is 7. The zero-order valence-electron chi connectivity index (χ0n) is 10.2. The molecule has 108 valence electrons. The molecule has 0 spiro atoms. The number of hydrogen-bond acceptors (Lipinski definition) is 8. The molecule has 0 amide bonds. The second-order valence-corrected chi connectivity index (χ2v) is 7.90. The minimum atomic E-state index is -3.76. The third-order valence-corrected chi connectivity index (χ3v) is 6.17. The molecular weight excluding hydrogens is 312 g/mol. The van der Waals surface area contributed by atoms with Crippen LogP contribution in [0.3, 0.4) is 0 Å². The minimum Gasteiger partial charge on any atom is -0.310 e. The fraction of sp³-hybridized carbons (Fsp3) is 0.500. The molecule has 0 aromatic carbocycles. The molecule has 0 aliphatic rings. The zero-order valence-corrected chi connectivity index (χ0v) is 12.7. The van der Waals surface area contributed by atoms with E-state index in [4.69, 9.17) is 5.84 Å². The Morgan fingerprint density at radius 2 is 2.26 bits per heavy atom. The van der Waals surface area contributed by atoms with E-state index in [1.807, 2.05) is 13.2 Å². The topological polar surface area (TPSA) is 127 Å². The largest absolute Gasteiger partial charge is 0.310 e. The first kappa shape index (κ1) is 16.2. The Labute approximate surface area is 118 Å². The number of hydrogen-bond donors (Lipinski definition) is 3. The molecule has 4 N–H and O–H groups in total. The van der Waals surface area contributed by atoms with Gasteiger partial charge in [-0.2, -0.15) is 11.8 Å². The zero-order chi connectivity index (χ0) is 14.6. The summed E-state index contributed by atoms with van der Waals surface area (Å²) in [6, 6.07) is 0.992. The van der Waals surface area contributed by atoms with E-state index in [9.17, 15) is 18.5 Å². The highest BCUT2D eigenvalue weighted by Gasteiger charge is 2.25. The van der Waals surface area contributed by atoms with Crippen LogP contribution in [-0.4, -0.2) is 31.4 Å². The van der Waals surface area contributed by atoms with E-state index >= 15 is 0 Å². The maximum Gasteiger partial charge on any atom is 0.306 e. The summed E-state index contributed by atoms with van der Waals surface area (Å²) >= 11 is 2.23. The molecule has 11 heteroatoms. The smallest absolute Gasteiger partial charge is 0.306 e. The number of nitrogens with one attached hydrogen (secondary N) is 2. The van der Waals surface area contributed by atoms with Gasteiger partial charge in [0.1, 0.15) is 4.21 Å². The maximum absolute atomic E-state index is 12.0. The predicted octanol–water partition coefficient (Wildman–Crippen LogP) is 0.972. The molecule has 1 unspecified atom stereocenters. The number of hydrazine groups is 1. The van der Waals surface area contributed by atoms with Crippen molar-refractivity contribution in [2.24, 2.45) is 5.84 Å². The van der Waals surface area contributed by atoms with Crippen molar-refractivity contribution < 1.29 is 13.3 Å². The van der Waals surface area contributed by atoms with Crippen molar-refractivity contribution in [1.29, 1.82) is 0 Å². The predicted molar refractivity (Wildman–Crippen MR) is 76.9 cm³/mol. The summed E-state index contributed by atoms with van der Waals surface area (Å²) in [5, 5.41) is 10.8. The van der Waals surface area contributed by atoms with Gasteiger partial charge in [-0.05, 0) is 6.26 Å². The van der Waals surface area contributed by atoms with Crippen molar-refractivity contribution >= 4 is 43.8 Å². The molecule has 1 rings (SSSR count). The molecule has 0 fully saturated rings. The van der Waals surface area contributed by atoms with Gasteiger partial charge in [0.05, 0.1) is 4.92 Å². The van der Waals surface area contributed by atoms with Gasteiger partial charge in [-0.25, -0.2) is 19.0 Å². The lowest BCUT2D eigenvalue weighted by Gasteiger charge is -2.08. The van der Waals surface area contributed by atoms with Gasteiger partial charge < -0.3 is 5.43 Å². The first-order valence-electron chi connectivity index (χ1n) is 5.09. The van der Waals surface area contributed by atoms with Gasteiger partial charge >= 0.3 is 5.69 Å². The van der Waals surface area contributed by atoms with Crippen LogP contribution in [0.15, 0.2) is 10.3 Å². The lowest BCUT2D eigenvalue weighted by molar-refractivity contribution is -0.383. The highest BCUT2D eigenvalue weighted by molar-refractivity contribution is 7.99. The van der Waals surface area contributed by atoms with E-state index in [1.54, 1.807) is 0 Å². The number of nitrogen functional groups attached to an aromatic ring is 1. The Morgan fingerprint density at radius 1 is 1.63 bits per heavy atom. The van der Waals surface area contributed by atoms with Crippen molar-refractivity contribution in [2.75, 3.05) is 18.2 Å². The first-order valence-corrected chi connectivity index (χ1v) is 8.68. The van der Waals surface area contributed by atoms with Crippen LogP contribution in [-0.2, 0) is 10.0 Å². The van der Waals surface area contributed by atoms with Crippen LogP contribution in [0, 0.1) is 10.1 Å². The molecule has 0 aliphatic carbocycles. The third kappa shape index (κ3) is 4.04. The van der Waals surface area contributed by atoms with E-state index in [0.29, 0.717) is 0 Å². The standard InChI is InChI=1S/C8H14N4O4S3/c1-5(17-2)4-10-19(15,16)7-3-6(12(13)14)8(11-9)18-7/h3,5,10-11H,4,9H2,1-2H3. The monoisotopic (exact) mass is 326 g/mol. The van der Waals surface area contributed by atoms with Crippen LogP contribution < -0.4 is 16.0 Å². The third-order valence-electron chi connectivity index (χ3n) is 2.25. The lowest BCUT2D eigenvalue weighted by Crippen LogP contribution is -2.28. The van der Waals surface area contributed by atoms with Gasteiger partial charge in [0.25, 0.3) is 0 Å². The van der Waals surface area contributed by atoms with Crippen LogP contribution in [0.2, 0.25) is 0 Å². The molecule has 1 heterocycles. The van der Waals surface area contributed by atoms with E-state index in [-0.39, 0.29) is 26.7 Å². The molecule has 19 heavy (non-hydrogen) atoms. The summed E-state index contributed by atoms with van der Waals surface area (Å²) in [6.45, 7) is 2.12. The summed E-state index contributed by atoms with van der Waals surface area (Å²) in [6.07, 6.45) is 1.87. The van der Waals surface area contributed by atoms with Gasteiger partial charge in [-0.15, -0.1) is 0 Å². The van der Waals surface area contributed by atoms with E-state index in [0.717, 1.165) is 17.4 Å². The van der Waals surface area contributed by atoms with Crippen molar-refractivity contribution in [3.05, 3.63) is 16.2 Å². The quantitative estimate of drug-likeness (QED) is 0.387. The van der Waals surface area contributed by atoms with Crippen molar-refractivity contribution in [3.8, 4) is 0 Å². The molecule has 8 nitrogen and oxygen atoms in total. The van der Waals surface area contributed by atoms with E-state index in [1.165, 1.54) is 11.8 Å². The Balaban J connectivity index is 2.99. The average Bonchev–Trinajstić information content (AvgIpc) is 2.81. The van der Waals surface area contributed by atoms with Crippen molar-refractivity contribution in [3.63, 3.8) is 0 Å². The Hall–Kier alpha value is -0.880. The average molecular weight is 326 g/mol. The fourth-order valence-corrected chi connectivity index (χ4v) is 3.88. The number of nitrogens with zero attached hydrogens (tertiary/aromatic N) is 1. The number of thioether (sulfide) groups is 1. The lowest BCUT2D eigenvalue weighted by atomic mass is 10.5. The molecule has 0 radical (unpaired) electrons. The Bertz CT molecular complexity index is 556. The van der Waals surface area contributed by atoms with Crippen molar-refractivity contribution in [1.82, 2.24) is 4.72 Å². The minimum absolute atomic E-state index is 0.00305. The SMILES string of the molecule is CSC(C)CNS(=O)(=O)c1cc([N+](=O)[O-])c(NN)s1. The molecule has 0 saturated heterocycles. The van der Waals surface area contributed by atoms with E-state index < -0.39 is 14.9 Å². The summed E-state index contributed by atoms with van der Waals surface area (Å²) in [7, 11) is -3.76. The summed E-state index contributed by atoms with van der Waals surface area (Å²) in [5.74, 6) is 5.13. The molecule has 0 bridgehead atoms.